The van der Waals surface area contributed by atoms with Gasteiger partial charge in [-0.3, -0.25) is 4.90 Å². The molecule has 1 fully saturated rings. The minimum Gasteiger partial charge on any atom is -0.374 e. The third kappa shape index (κ3) is 4.29. The van der Waals surface area contributed by atoms with Crippen molar-refractivity contribution in [3.05, 3.63) is 34.9 Å². The van der Waals surface area contributed by atoms with E-state index >= 15 is 0 Å². The number of benzene rings is 1. The molecule has 1 aromatic rings. The molecule has 3 heteroatoms. The predicted octanol–water partition coefficient (Wildman–Crippen LogP) is 2.54. The zero-order chi connectivity index (χ0) is 15.4. The molecule has 0 aromatic heterocycles. The van der Waals surface area contributed by atoms with Crippen molar-refractivity contribution in [1.82, 2.24) is 10.2 Å². The molecule has 1 aliphatic rings. The van der Waals surface area contributed by atoms with Gasteiger partial charge < -0.3 is 10.1 Å². The normalized spacial score (nSPS) is 21.7. The average Bonchev–Trinajstić information content (AvgIpc) is 2.48. The molecule has 1 aliphatic heterocycles. The molecule has 0 aliphatic carbocycles. The molecule has 1 saturated heterocycles. The minimum absolute atomic E-state index is 0.271. The van der Waals surface area contributed by atoms with Crippen molar-refractivity contribution < 1.29 is 4.74 Å². The van der Waals surface area contributed by atoms with Crippen LogP contribution in [0.15, 0.2) is 18.2 Å². The van der Waals surface area contributed by atoms with Gasteiger partial charge in [0, 0.05) is 25.2 Å². The van der Waals surface area contributed by atoms with Gasteiger partial charge in [-0.15, -0.1) is 0 Å². The highest BCUT2D eigenvalue weighted by Crippen LogP contribution is 2.17. The first-order valence-electron chi connectivity index (χ1n) is 8.10. The second kappa shape index (κ2) is 7.39. The first-order valence-corrected chi connectivity index (χ1v) is 8.10. The van der Waals surface area contributed by atoms with Gasteiger partial charge in [0.2, 0.25) is 0 Å². The highest BCUT2D eigenvalue weighted by atomic mass is 16.5. The van der Waals surface area contributed by atoms with E-state index in [1.807, 2.05) is 7.05 Å². The van der Waals surface area contributed by atoms with Gasteiger partial charge in [0.25, 0.3) is 0 Å². The van der Waals surface area contributed by atoms with Crippen LogP contribution in [0.3, 0.4) is 0 Å². The van der Waals surface area contributed by atoms with Gasteiger partial charge in [-0.1, -0.05) is 18.2 Å². The average molecular weight is 290 g/mol. The van der Waals surface area contributed by atoms with E-state index in [0.717, 1.165) is 26.1 Å². The molecule has 118 valence electrons. The summed E-state index contributed by atoms with van der Waals surface area (Å²) in [6.45, 7) is 11.8. The Balaban J connectivity index is 2.03. The Morgan fingerprint density at radius 2 is 2.05 bits per heavy atom. The van der Waals surface area contributed by atoms with Gasteiger partial charge in [-0.05, 0) is 57.9 Å². The fraction of sp³-hybridized carbons (Fsp3) is 0.667. The Hall–Kier alpha value is -0.900. The monoisotopic (exact) mass is 290 g/mol. The lowest BCUT2D eigenvalue weighted by Gasteiger charge is -2.39. The van der Waals surface area contributed by atoms with Crippen molar-refractivity contribution in [1.29, 1.82) is 0 Å². The van der Waals surface area contributed by atoms with Crippen molar-refractivity contribution in [2.24, 2.45) is 0 Å². The first-order chi connectivity index (χ1) is 10.0. The van der Waals surface area contributed by atoms with Crippen LogP contribution >= 0.6 is 0 Å². The first kappa shape index (κ1) is 16.5. The highest BCUT2D eigenvalue weighted by molar-refractivity contribution is 5.30. The Morgan fingerprint density at radius 1 is 1.29 bits per heavy atom. The summed E-state index contributed by atoms with van der Waals surface area (Å²) in [5, 5.41) is 3.46. The molecule has 0 spiro atoms. The largest absolute Gasteiger partial charge is 0.374 e. The zero-order valence-electron chi connectivity index (χ0n) is 14.1. The van der Waals surface area contributed by atoms with E-state index in [0.29, 0.717) is 12.1 Å². The molecular formula is C18H30N2O. The summed E-state index contributed by atoms with van der Waals surface area (Å²) < 4.78 is 6.03. The van der Waals surface area contributed by atoms with Gasteiger partial charge in [-0.25, -0.2) is 0 Å². The Morgan fingerprint density at radius 3 is 2.67 bits per heavy atom. The molecule has 1 aromatic carbocycles. The van der Waals surface area contributed by atoms with Crippen LogP contribution in [0.4, 0.5) is 0 Å². The van der Waals surface area contributed by atoms with Crippen molar-refractivity contribution in [2.45, 2.75) is 52.3 Å². The van der Waals surface area contributed by atoms with E-state index in [1.54, 1.807) is 0 Å². The van der Waals surface area contributed by atoms with E-state index in [2.05, 4.69) is 56.1 Å². The van der Waals surface area contributed by atoms with E-state index in [1.165, 1.54) is 16.7 Å². The van der Waals surface area contributed by atoms with Crippen LogP contribution in [0.2, 0.25) is 0 Å². The maximum atomic E-state index is 6.03. The van der Waals surface area contributed by atoms with Crippen molar-refractivity contribution >= 4 is 0 Å². The lowest BCUT2D eigenvalue weighted by molar-refractivity contribution is -0.0541. The van der Waals surface area contributed by atoms with E-state index in [4.69, 9.17) is 4.74 Å². The van der Waals surface area contributed by atoms with Gasteiger partial charge in [0.1, 0.15) is 0 Å². The van der Waals surface area contributed by atoms with Crippen molar-refractivity contribution in [2.75, 3.05) is 26.7 Å². The number of aryl methyl sites for hydroxylation is 2. The van der Waals surface area contributed by atoms with Gasteiger partial charge in [0.05, 0.1) is 12.7 Å². The lowest BCUT2D eigenvalue weighted by Crippen LogP contribution is -2.53. The van der Waals surface area contributed by atoms with Gasteiger partial charge in [-0.2, -0.15) is 0 Å². The number of nitrogens with zero attached hydrogens (tertiary/aromatic N) is 1. The number of hydrogen-bond acceptors (Lipinski definition) is 3. The second-order valence-corrected chi connectivity index (χ2v) is 6.52. The Labute approximate surface area is 129 Å². The summed E-state index contributed by atoms with van der Waals surface area (Å²) in [6.07, 6.45) is 1.29. The summed E-state index contributed by atoms with van der Waals surface area (Å²) in [7, 11) is 2.05. The second-order valence-electron chi connectivity index (χ2n) is 6.52. The summed E-state index contributed by atoms with van der Waals surface area (Å²) >= 11 is 0. The van der Waals surface area contributed by atoms with Crippen LogP contribution in [0.1, 0.15) is 30.5 Å². The molecule has 2 atom stereocenters. The fourth-order valence-corrected chi connectivity index (χ4v) is 3.01. The molecule has 0 amide bonds. The maximum Gasteiger partial charge on any atom is 0.0858 e. The smallest absolute Gasteiger partial charge is 0.0858 e. The molecule has 21 heavy (non-hydrogen) atoms. The number of likely N-dealkylation sites (N-methyl/N-ethyl adjacent to an activating group) is 1. The number of hydrogen-bond donors (Lipinski definition) is 1. The van der Waals surface area contributed by atoms with Crippen LogP contribution in [-0.2, 0) is 11.2 Å². The summed E-state index contributed by atoms with van der Waals surface area (Å²) in [5.41, 5.74) is 4.12. The van der Waals surface area contributed by atoms with E-state index in [-0.39, 0.29) is 6.10 Å². The lowest BCUT2D eigenvalue weighted by atomic mass is 9.97. The van der Waals surface area contributed by atoms with Crippen LogP contribution < -0.4 is 5.32 Å². The van der Waals surface area contributed by atoms with Crippen LogP contribution in [0.25, 0.3) is 0 Å². The number of morpholine rings is 1. The Bertz CT molecular complexity index is 459. The quantitative estimate of drug-likeness (QED) is 0.902. The summed E-state index contributed by atoms with van der Waals surface area (Å²) in [4.78, 5) is 2.51. The molecule has 1 heterocycles. The van der Waals surface area contributed by atoms with E-state index < -0.39 is 0 Å². The Kier molecular flexibility index (Phi) is 5.80. The molecule has 2 unspecified atom stereocenters. The number of nitrogens with one attached hydrogen (secondary N) is 1. The molecular weight excluding hydrogens is 260 g/mol. The SMILES string of the molecule is CNC(Cc1ccc(C)c(C)c1)C1CN(C(C)C)CCO1. The third-order valence-electron chi connectivity index (χ3n) is 4.70. The van der Waals surface area contributed by atoms with E-state index in [9.17, 15) is 0 Å². The number of ether oxygens (including phenoxy) is 1. The summed E-state index contributed by atoms with van der Waals surface area (Å²) in [5.74, 6) is 0. The molecule has 0 radical (unpaired) electrons. The van der Waals surface area contributed by atoms with Crippen LogP contribution in [0.5, 0.6) is 0 Å². The van der Waals surface area contributed by atoms with Crippen LogP contribution in [0, 0.1) is 13.8 Å². The third-order valence-corrected chi connectivity index (χ3v) is 4.70. The zero-order valence-corrected chi connectivity index (χ0v) is 14.1. The number of rotatable bonds is 5. The van der Waals surface area contributed by atoms with Gasteiger partial charge in [0.15, 0.2) is 0 Å². The molecule has 3 nitrogen and oxygen atoms in total. The van der Waals surface area contributed by atoms with Gasteiger partial charge >= 0.3 is 0 Å². The fourth-order valence-electron chi connectivity index (χ4n) is 3.01. The maximum absolute atomic E-state index is 6.03. The standard InChI is InChI=1S/C18H30N2O/c1-13(2)20-8-9-21-18(12-20)17(19-5)11-16-7-6-14(3)15(4)10-16/h6-7,10,13,17-19H,8-9,11-12H2,1-5H3. The molecule has 0 saturated carbocycles. The van der Waals surface area contributed by atoms with Crippen LogP contribution in [-0.4, -0.2) is 49.8 Å². The predicted molar refractivity (Wildman–Crippen MR) is 88.9 cm³/mol. The van der Waals surface area contributed by atoms with Crippen molar-refractivity contribution in [3.63, 3.8) is 0 Å². The molecule has 1 N–H and O–H groups in total. The molecule has 0 bridgehead atoms. The highest BCUT2D eigenvalue weighted by Gasteiger charge is 2.28. The minimum atomic E-state index is 0.271. The van der Waals surface area contributed by atoms with Crippen molar-refractivity contribution in [3.8, 4) is 0 Å². The topological polar surface area (TPSA) is 24.5 Å². The molecule has 2 rings (SSSR count). The summed E-state index contributed by atoms with van der Waals surface area (Å²) in [6, 6.07) is 7.74.